The summed E-state index contributed by atoms with van der Waals surface area (Å²) in [6.45, 7) is 1.90. The predicted molar refractivity (Wildman–Crippen MR) is 64.3 cm³/mol. The number of hydrogen-bond acceptors (Lipinski definition) is 3. The lowest BCUT2D eigenvalue weighted by atomic mass is 10.1. The summed E-state index contributed by atoms with van der Waals surface area (Å²) in [4.78, 5) is 4.28. The second kappa shape index (κ2) is 4.49. The number of benzene rings is 1. The smallest absolute Gasteiger partial charge is 0.142 e. The summed E-state index contributed by atoms with van der Waals surface area (Å²) in [5.74, 6) is -0.456. The van der Waals surface area contributed by atoms with Crippen LogP contribution < -0.4 is 5.73 Å². The van der Waals surface area contributed by atoms with Gasteiger partial charge in [0, 0.05) is 11.1 Å². The Hall–Kier alpha value is -0.970. The highest BCUT2D eigenvalue weighted by atomic mass is 35.5. The van der Waals surface area contributed by atoms with Crippen LogP contribution >= 0.6 is 22.9 Å². The van der Waals surface area contributed by atoms with Crippen molar-refractivity contribution >= 4 is 22.9 Å². The Balaban J connectivity index is 2.33. The minimum atomic E-state index is -0.456. The fourth-order valence-electron chi connectivity index (χ4n) is 1.36. The van der Waals surface area contributed by atoms with Gasteiger partial charge in [-0.25, -0.2) is 9.37 Å². The molecule has 2 nitrogen and oxygen atoms in total. The highest BCUT2D eigenvalue weighted by molar-refractivity contribution is 7.09. The largest absolute Gasteiger partial charge is 0.318 e. The summed E-state index contributed by atoms with van der Waals surface area (Å²) in [5.41, 5.74) is 7.59. The van der Waals surface area contributed by atoms with Crippen molar-refractivity contribution in [2.75, 3.05) is 0 Å². The zero-order chi connectivity index (χ0) is 11.7. The third-order valence-corrected chi connectivity index (χ3v) is 3.56. The third-order valence-electron chi connectivity index (χ3n) is 2.21. The van der Waals surface area contributed by atoms with Crippen molar-refractivity contribution in [1.29, 1.82) is 0 Å². The van der Waals surface area contributed by atoms with Crippen LogP contribution in [0.3, 0.4) is 0 Å². The summed E-state index contributed by atoms with van der Waals surface area (Å²) in [5, 5.41) is 2.80. The van der Waals surface area contributed by atoms with Gasteiger partial charge in [0.2, 0.25) is 0 Å². The van der Waals surface area contributed by atoms with E-state index in [0.29, 0.717) is 5.56 Å². The molecule has 0 saturated carbocycles. The molecule has 84 valence electrons. The van der Waals surface area contributed by atoms with Crippen molar-refractivity contribution in [3.8, 4) is 0 Å². The average molecular weight is 257 g/mol. The molecule has 0 aliphatic rings. The normalized spacial score (nSPS) is 12.8. The zero-order valence-corrected chi connectivity index (χ0v) is 10.1. The van der Waals surface area contributed by atoms with E-state index in [1.54, 1.807) is 6.07 Å². The molecular formula is C11H10ClFN2S. The quantitative estimate of drug-likeness (QED) is 0.896. The number of aromatic nitrogens is 1. The minimum Gasteiger partial charge on any atom is -0.318 e. The van der Waals surface area contributed by atoms with E-state index >= 15 is 0 Å². The first-order valence-corrected chi connectivity index (χ1v) is 5.96. The van der Waals surface area contributed by atoms with Gasteiger partial charge < -0.3 is 5.73 Å². The van der Waals surface area contributed by atoms with E-state index in [9.17, 15) is 4.39 Å². The van der Waals surface area contributed by atoms with Crippen molar-refractivity contribution in [2.24, 2.45) is 5.73 Å². The van der Waals surface area contributed by atoms with E-state index in [1.165, 1.54) is 23.5 Å². The number of rotatable bonds is 2. The van der Waals surface area contributed by atoms with Gasteiger partial charge in [0.25, 0.3) is 0 Å². The summed E-state index contributed by atoms with van der Waals surface area (Å²) >= 11 is 7.08. The fourth-order valence-corrected chi connectivity index (χ4v) is 2.30. The lowest BCUT2D eigenvalue weighted by molar-refractivity contribution is 0.624. The molecule has 1 aromatic heterocycles. The molecule has 1 heterocycles. The van der Waals surface area contributed by atoms with Crippen LogP contribution in [0.4, 0.5) is 4.39 Å². The van der Waals surface area contributed by atoms with Gasteiger partial charge in [-0.15, -0.1) is 11.3 Å². The van der Waals surface area contributed by atoms with Crippen LogP contribution in [-0.2, 0) is 0 Å². The van der Waals surface area contributed by atoms with Crippen LogP contribution in [0.5, 0.6) is 0 Å². The molecule has 0 spiro atoms. The Morgan fingerprint density at radius 2 is 2.25 bits per heavy atom. The molecule has 1 unspecified atom stereocenters. The second-order valence-electron chi connectivity index (χ2n) is 3.48. The van der Waals surface area contributed by atoms with E-state index in [0.717, 1.165) is 10.7 Å². The summed E-state index contributed by atoms with van der Waals surface area (Å²) in [6.07, 6.45) is 0. The molecule has 2 aromatic rings. The monoisotopic (exact) mass is 256 g/mol. The van der Waals surface area contributed by atoms with Crippen LogP contribution in [0, 0.1) is 12.7 Å². The molecule has 5 heteroatoms. The number of thiazole rings is 1. The molecule has 2 N–H and O–H groups in total. The van der Waals surface area contributed by atoms with E-state index in [2.05, 4.69) is 4.98 Å². The summed E-state index contributed by atoms with van der Waals surface area (Å²) < 4.78 is 13.3. The molecule has 0 amide bonds. The topological polar surface area (TPSA) is 38.9 Å². The predicted octanol–water partition coefficient (Wildman–Crippen LogP) is 3.29. The highest BCUT2D eigenvalue weighted by Gasteiger charge is 2.14. The first-order valence-electron chi connectivity index (χ1n) is 4.70. The van der Waals surface area contributed by atoms with Crippen molar-refractivity contribution in [3.05, 3.63) is 50.7 Å². The van der Waals surface area contributed by atoms with Crippen LogP contribution in [0.25, 0.3) is 0 Å². The Labute approximate surface area is 102 Å². The van der Waals surface area contributed by atoms with E-state index in [1.807, 2.05) is 12.3 Å². The van der Waals surface area contributed by atoms with Gasteiger partial charge in [-0.05, 0) is 24.6 Å². The van der Waals surface area contributed by atoms with Crippen molar-refractivity contribution in [2.45, 2.75) is 13.0 Å². The van der Waals surface area contributed by atoms with Crippen LogP contribution in [0.2, 0.25) is 5.02 Å². The first-order chi connectivity index (χ1) is 7.58. The molecule has 16 heavy (non-hydrogen) atoms. The molecule has 1 aromatic carbocycles. The Kier molecular flexibility index (Phi) is 3.23. The molecule has 0 radical (unpaired) electrons. The van der Waals surface area contributed by atoms with Crippen molar-refractivity contribution < 1.29 is 4.39 Å². The van der Waals surface area contributed by atoms with Crippen LogP contribution in [-0.4, -0.2) is 4.98 Å². The zero-order valence-electron chi connectivity index (χ0n) is 8.58. The molecular weight excluding hydrogens is 247 g/mol. The maximum atomic E-state index is 13.3. The van der Waals surface area contributed by atoms with Crippen LogP contribution in [0.15, 0.2) is 23.6 Å². The van der Waals surface area contributed by atoms with E-state index in [-0.39, 0.29) is 5.02 Å². The van der Waals surface area contributed by atoms with Gasteiger partial charge >= 0.3 is 0 Å². The highest BCUT2D eigenvalue weighted by Crippen LogP contribution is 2.25. The summed E-state index contributed by atoms with van der Waals surface area (Å²) in [7, 11) is 0. The molecule has 1 atom stereocenters. The van der Waals surface area contributed by atoms with Gasteiger partial charge in [0.1, 0.15) is 10.8 Å². The number of nitrogens with zero attached hydrogens (tertiary/aromatic N) is 1. The lowest BCUT2D eigenvalue weighted by Crippen LogP contribution is -2.11. The molecule has 0 aliphatic carbocycles. The lowest BCUT2D eigenvalue weighted by Gasteiger charge is -2.09. The summed E-state index contributed by atoms with van der Waals surface area (Å²) in [6, 6.07) is 4.17. The maximum Gasteiger partial charge on any atom is 0.142 e. The SMILES string of the molecule is Cc1csc(C(N)c2ccc(Cl)c(F)c2)n1. The number of aryl methyl sites for hydroxylation is 1. The molecule has 2 rings (SSSR count). The van der Waals surface area contributed by atoms with Gasteiger partial charge in [-0.2, -0.15) is 0 Å². The molecule has 0 bridgehead atoms. The third kappa shape index (κ3) is 2.24. The fraction of sp³-hybridized carbons (Fsp3) is 0.182. The molecule has 0 saturated heterocycles. The second-order valence-corrected chi connectivity index (χ2v) is 4.78. The molecule has 0 aliphatic heterocycles. The van der Waals surface area contributed by atoms with Crippen molar-refractivity contribution in [1.82, 2.24) is 4.98 Å². The Morgan fingerprint density at radius 1 is 1.50 bits per heavy atom. The maximum absolute atomic E-state index is 13.3. The number of hydrogen-bond donors (Lipinski definition) is 1. The number of nitrogens with two attached hydrogens (primary N) is 1. The van der Waals surface area contributed by atoms with E-state index in [4.69, 9.17) is 17.3 Å². The van der Waals surface area contributed by atoms with Gasteiger partial charge in [-0.3, -0.25) is 0 Å². The standard InChI is InChI=1S/C11H10ClFN2S/c1-6-5-16-11(15-6)10(14)7-2-3-8(12)9(13)4-7/h2-5,10H,14H2,1H3. The van der Waals surface area contributed by atoms with Gasteiger partial charge in [0.05, 0.1) is 11.1 Å². The Morgan fingerprint density at radius 3 is 2.81 bits per heavy atom. The first kappa shape index (κ1) is 11.5. The van der Waals surface area contributed by atoms with Gasteiger partial charge in [0.15, 0.2) is 0 Å². The van der Waals surface area contributed by atoms with Gasteiger partial charge in [-0.1, -0.05) is 17.7 Å². The van der Waals surface area contributed by atoms with E-state index < -0.39 is 11.9 Å². The van der Waals surface area contributed by atoms with Crippen LogP contribution in [0.1, 0.15) is 22.3 Å². The average Bonchev–Trinajstić information content (AvgIpc) is 2.68. The Bertz CT molecular complexity index is 512. The minimum absolute atomic E-state index is 0.103. The molecule has 0 fully saturated rings. The van der Waals surface area contributed by atoms with Crippen molar-refractivity contribution in [3.63, 3.8) is 0 Å². The number of halogens is 2.